The van der Waals surface area contributed by atoms with Gasteiger partial charge in [0.15, 0.2) is 5.82 Å². The molecule has 2 aromatic rings. The van der Waals surface area contributed by atoms with Crippen molar-refractivity contribution in [3.05, 3.63) is 36.1 Å². The van der Waals surface area contributed by atoms with Crippen molar-refractivity contribution in [1.82, 2.24) is 5.16 Å². The predicted molar refractivity (Wildman–Crippen MR) is 100 cm³/mol. The molecule has 1 atom stereocenters. The SMILES string of the molecule is CC[C@@H](Nc1ccccc1N1CCCCC1)C(=O)Nc1cc(C)on1. The fraction of sp³-hybridized carbons (Fsp3) is 0.474. The fourth-order valence-corrected chi connectivity index (χ4v) is 3.19. The van der Waals surface area contributed by atoms with Gasteiger partial charge >= 0.3 is 0 Å². The molecule has 25 heavy (non-hydrogen) atoms. The van der Waals surface area contributed by atoms with E-state index in [9.17, 15) is 4.79 Å². The van der Waals surface area contributed by atoms with Crippen molar-refractivity contribution in [2.75, 3.05) is 28.6 Å². The van der Waals surface area contributed by atoms with E-state index in [1.54, 1.807) is 13.0 Å². The molecule has 2 N–H and O–H groups in total. The number of amides is 1. The number of carbonyl (C=O) groups is 1. The Balaban J connectivity index is 1.71. The molecule has 1 aliphatic rings. The summed E-state index contributed by atoms with van der Waals surface area (Å²) in [4.78, 5) is 15.0. The maximum atomic E-state index is 12.6. The number of anilines is 3. The summed E-state index contributed by atoms with van der Waals surface area (Å²) in [7, 11) is 0. The van der Waals surface area contributed by atoms with Crippen molar-refractivity contribution in [1.29, 1.82) is 0 Å². The first-order valence-electron chi connectivity index (χ1n) is 9.02. The molecule has 0 saturated carbocycles. The van der Waals surface area contributed by atoms with E-state index in [-0.39, 0.29) is 11.9 Å². The highest BCUT2D eigenvalue weighted by Gasteiger charge is 2.21. The van der Waals surface area contributed by atoms with Gasteiger partial charge in [0.05, 0.1) is 11.4 Å². The zero-order valence-electron chi connectivity index (χ0n) is 14.9. The quantitative estimate of drug-likeness (QED) is 0.835. The summed E-state index contributed by atoms with van der Waals surface area (Å²) < 4.78 is 5.00. The summed E-state index contributed by atoms with van der Waals surface area (Å²) in [5.41, 5.74) is 2.17. The maximum Gasteiger partial charge on any atom is 0.248 e. The number of carbonyl (C=O) groups excluding carboxylic acids is 1. The van der Waals surface area contributed by atoms with Crippen molar-refractivity contribution < 1.29 is 9.32 Å². The number of benzene rings is 1. The van der Waals surface area contributed by atoms with E-state index in [1.165, 1.54) is 24.9 Å². The van der Waals surface area contributed by atoms with Crippen molar-refractivity contribution in [3.8, 4) is 0 Å². The van der Waals surface area contributed by atoms with Crippen LogP contribution in [0.3, 0.4) is 0 Å². The zero-order valence-corrected chi connectivity index (χ0v) is 14.9. The molecule has 1 aromatic carbocycles. The van der Waals surface area contributed by atoms with Crippen LogP contribution in [0, 0.1) is 6.92 Å². The number of para-hydroxylation sites is 2. The van der Waals surface area contributed by atoms with E-state index in [1.807, 2.05) is 25.1 Å². The van der Waals surface area contributed by atoms with Crippen LogP contribution in [-0.4, -0.2) is 30.2 Å². The van der Waals surface area contributed by atoms with E-state index in [2.05, 4.69) is 26.8 Å². The van der Waals surface area contributed by atoms with Gasteiger partial charge in [-0.15, -0.1) is 0 Å². The van der Waals surface area contributed by atoms with Crippen molar-refractivity contribution in [2.45, 2.75) is 45.6 Å². The maximum absolute atomic E-state index is 12.6. The second-order valence-electron chi connectivity index (χ2n) is 6.48. The van der Waals surface area contributed by atoms with Crippen LogP contribution in [0.4, 0.5) is 17.2 Å². The van der Waals surface area contributed by atoms with Crippen molar-refractivity contribution >= 4 is 23.1 Å². The van der Waals surface area contributed by atoms with E-state index in [0.717, 1.165) is 18.8 Å². The number of nitrogens with one attached hydrogen (secondary N) is 2. The molecular formula is C19H26N4O2. The number of aryl methyl sites for hydroxylation is 1. The highest BCUT2D eigenvalue weighted by molar-refractivity contribution is 5.96. The molecule has 0 radical (unpaired) electrons. The molecule has 0 aliphatic carbocycles. The smallest absolute Gasteiger partial charge is 0.248 e. The minimum absolute atomic E-state index is 0.107. The molecule has 1 amide bonds. The zero-order chi connectivity index (χ0) is 17.6. The van der Waals surface area contributed by atoms with E-state index < -0.39 is 0 Å². The summed E-state index contributed by atoms with van der Waals surface area (Å²) in [5.74, 6) is 1.02. The lowest BCUT2D eigenvalue weighted by Crippen LogP contribution is -2.35. The Bertz CT molecular complexity index is 707. The largest absolute Gasteiger partial charge is 0.372 e. The Morgan fingerprint density at radius 1 is 1.28 bits per heavy atom. The first-order chi connectivity index (χ1) is 12.2. The van der Waals surface area contributed by atoms with Crippen LogP contribution in [0.2, 0.25) is 0 Å². The Labute approximate surface area is 148 Å². The van der Waals surface area contributed by atoms with Crippen LogP contribution in [-0.2, 0) is 4.79 Å². The third-order valence-electron chi connectivity index (χ3n) is 4.53. The molecular weight excluding hydrogens is 316 g/mol. The van der Waals surface area contributed by atoms with Crippen LogP contribution < -0.4 is 15.5 Å². The summed E-state index contributed by atoms with van der Waals surface area (Å²) in [6, 6.07) is 9.60. The molecule has 1 aliphatic heterocycles. The lowest BCUT2D eigenvalue weighted by Gasteiger charge is -2.31. The number of hydrogen-bond donors (Lipinski definition) is 2. The molecule has 0 bridgehead atoms. The minimum Gasteiger partial charge on any atom is -0.372 e. The second kappa shape index (κ2) is 8.05. The minimum atomic E-state index is -0.331. The van der Waals surface area contributed by atoms with Gasteiger partial charge in [0.1, 0.15) is 11.8 Å². The van der Waals surface area contributed by atoms with Crippen molar-refractivity contribution in [2.24, 2.45) is 0 Å². The van der Waals surface area contributed by atoms with Gasteiger partial charge in [-0.05, 0) is 44.7 Å². The molecule has 1 aromatic heterocycles. The van der Waals surface area contributed by atoms with Gasteiger partial charge in [-0.25, -0.2) is 0 Å². The number of nitrogens with zero attached hydrogens (tertiary/aromatic N) is 2. The summed E-state index contributed by atoms with van der Waals surface area (Å²) >= 11 is 0. The number of rotatable bonds is 6. The Kier molecular flexibility index (Phi) is 5.58. The van der Waals surface area contributed by atoms with Gasteiger partial charge in [-0.3, -0.25) is 4.79 Å². The molecule has 6 nitrogen and oxygen atoms in total. The highest BCUT2D eigenvalue weighted by Crippen LogP contribution is 2.29. The molecule has 2 heterocycles. The molecule has 134 valence electrons. The van der Waals surface area contributed by atoms with Gasteiger partial charge < -0.3 is 20.1 Å². The third kappa shape index (κ3) is 4.32. The Morgan fingerprint density at radius 3 is 2.72 bits per heavy atom. The summed E-state index contributed by atoms with van der Waals surface area (Å²) in [6.45, 7) is 5.93. The van der Waals surface area contributed by atoms with Gasteiger partial charge in [-0.1, -0.05) is 24.2 Å². The van der Waals surface area contributed by atoms with Crippen LogP contribution in [0.1, 0.15) is 38.4 Å². The van der Waals surface area contributed by atoms with E-state index >= 15 is 0 Å². The van der Waals surface area contributed by atoms with E-state index in [0.29, 0.717) is 18.0 Å². The van der Waals surface area contributed by atoms with Gasteiger partial charge in [0, 0.05) is 19.2 Å². The molecule has 3 rings (SSSR count). The Morgan fingerprint density at radius 2 is 2.04 bits per heavy atom. The second-order valence-corrected chi connectivity index (χ2v) is 6.48. The standard InChI is InChI=1S/C19H26N4O2/c1-3-15(19(24)21-18-13-14(2)25-22-18)20-16-9-5-6-10-17(16)23-11-7-4-8-12-23/h5-6,9-10,13,15,20H,3-4,7-8,11-12H2,1-2H3,(H,21,22,24)/t15-/m1/s1. The van der Waals surface area contributed by atoms with Gasteiger partial charge in [0.2, 0.25) is 5.91 Å². The van der Waals surface area contributed by atoms with Crippen LogP contribution in [0.15, 0.2) is 34.9 Å². The topological polar surface area (TPSA) is 70.4 Å². The monoisotopic (exact) mass is 342 g/mol. The average molecular weight is 342 g/mol. The lowest BCUT2D eigenvalue weighted by atomic mass is 10.1. The summed E-state index contributed by atoms with van der Waals surface area (Å²) in [6.07, 6.45) is 4.41. The number of hydrogen-bond acceptors (Lipinski definition) is 5. The first-order valence-corrected chi connectivity index (χ1v) is 9.02. The predicted octanol–water partition coefficient (Wildman–Crippen LogP) is 3.80. The molecule has 0 unspecified atom stereocenters. The van der Waals surface area contributed by atoms with Gasteiger partial charge in [-0.2, -0.15) is 0 Å². The first kappa shape index (κ1) is 17.3. The third-order valence-corrected chi connectivity index (χ3v) is 4.53. The van der Waals surface area contributed by atoms with Crippen LogP contribution in [0.5, 0.6) is 0 Å². The number of piperidine rings is 1. The highest BCUT2D eigenvalue weighted by atomic mass is 16.5. The molecule has 1 fully saturated rings. The Hall–Kier alpha value is -2.50. The van der Waals surface area contributed by atoms with E-state index in [4.69, 9.17) is 4.52 Å². The normalized spacial score (nSPS) is 15.7. The number of aromatic nitrogens is 1. The average Bonchev–Trinajstić information content (AvgIpc) is 3.05. The molecule has 1 saturated heterocycles. The molecule has 6 heteroatoms. The van der Waals surface area contributed by atoms with Crippen LogP contribution >= 0.6 is 0 Å². The van der Waals surface area contributed by atoms with Crippen molar-refractivity contribution in [3.63, 3.8) is 0 Å². The fourth-order valence-electron chi connectivity index (χ4n) is 3.19. The van der Waals surface area contributed by atoms with Gasteiger partial charge in [0.25, 0.3) is 0 Å². The molecule has 0 spiro atoms. The summed E-state index contributed by atoms with van der Waals surface area (Å²) in [5, 5.41) is 10.0. The lowest BCUT2D eigenvalue weighted by molar-refractivity contribution is -0.117. The van der Waals surface area contributed by atoms with Crippen LogP contribution in [0.25, 0.3) is 0 Å².